The molecule has 156 valence electrons. The third-order valence-corrected chi connectivity index (χ3v) is 5.47. The highest BCUT2D eigenvalue weighted by Crippen LogP contribution is 2.22. The van der Waals surface area contributed by atoms with E-state index in [1.807, 2.05) is 0 Å². The molecular weight excluding hydrogens is 463 g/mol. The van der Waals surface area contributed by atoms with Gasteiger partial charge in [0, 0.05) is 55.9 Å². The summed E-state index contributed by atoms with van der Waals surface area (Å²) in [7, 11) is 4.39. The molecule has 0 spiro atoms. The first kappa shape index (κ1) is 23.0. The van der Waals surface area contributed by atoms with Crippen molar-refractivity contribution in [3.8, 4) is 0 Å². The zero-order valence-corrected chi connectivity index (χ0v) is 19.9. The normalized spacial score (nSPS) is 18.9. The van der Waals surface area contributed by atoms with E-state index >= 15 is 0 Å². The summed E-state index contributed by atoms with van der Waals surface area (Å²) in [6, 6.07) is 6.90. The van der Waals surface area contributed by atoms with Gasteiger partial charge >= 0.3 is 0 Å². The zero-order valence-electron chi connectivity index (χ0n) is 17.6. The lowest BCUT2D eigenvalue weighted by atomic mass is 10.1. The van der Waals surface area contributed by atoms with Crippen LogP contribution in [0.1, 0.15) is 18.1 Å². The number of aromatic nitrogens is 1. The number of hydrogen-bond donors (Lipinski definition) is 3. The first-order chi connectivity index (χ1) is 13.1. The number of aromatic amines is 1. The molecule has 3 rings (SSSR count). The summed E-state index contributed by atoms with van der Waals surface area (Å²) in [5, 5.41) is 8.23. The number of nitrogens with zero attached hydrogens (tertiary/aromatic N) is 3. The molecule has 1 aromatic heterocycles. The second kappa shape index (κ2) is 11.0. The molecule has 1 saturated heterocycles. The second-order valence-corrected chi connectivity index (χ2v) is 7.60. The Bertz CT molecular complexity index is 771. The van der Waals surface area contributed by atoms with Crippen LogP contribution in [0.25, 0.3) is 10.9 Å². The third-order valence-electron chi connectivity index (χ3n) is 5.47. The van der Waals surface area contributed by atoms with Crippen molar-refractivity contribution in [2.24, 2.45) is 4.99 Å². The lowest BCUT2D eigenvalue weighted by Gasteiger charge is -2.36. The van der Waals surface area contributed by atoms with E-state index in [1.165, 1.54) is 22.0 Å². The zero-order chi connectivity index (χ0) is 19.2. The quantitative estimate of drug-likeness (QED) is 0.326. The predicted octanol–water partition coefficient (Wildman–Crippen LogP) is 2.44. The Balaban J connectivity index is 0.00000280. The van der Waals surface area contributed by atoms with E-state index in [0.29, 0.717) is 6.04 Å². The highest BCUT2D eigenvalue weighted by Gasteiger charge is 2.21. The number of piperazine rings is 1. The molecule has 1 unspecified atom stereocenters. The predicted molar refractivity (Wildman–Crippen MR) is 130 cm³/mol. The fourth-order valence-electron chi connectivity index (χ4n) is 3.80. The van der Waals surface area contributed by atoms with E-state index in [2.05, 4.69) is 77.8 Å². The molecule has 7 heteroatoms. The lowest BCUT2D eigenvalue weighted by molar-refractivity contribution is 0.119. The summed E-state index contributed by atoms with van der Waals surface area (Å²) in [6.07, 6.45) is 3.11. The average molecular weight is 498 g/mol. The summed E-state index contributed by atoms with van der Waals surface area (Å²) in [5.41, 5.74) is 3.91. The van der Waals surface area contributed by atoms with Crippen molar-refractivity contribution in [1.29, 1.82) is 0 Å². The Morgan fingerprint density at radius 3 is 2.86 bits per heavy atom. The van der Waals surface area contributed by atoms with Gasteiger partial charge in [0.15, 0.2) is 5.96 Å². The standard InChI is InChI=1S/C21H34N6.HI/c1-5-22-21(25-14-18-15-26(3)11-12-27(18)4)23-10-9-17-13-24-19-8-6-7-16(2)20(17)19;/h6-8,13,18,24H,5,9-12,14-15H2,1-4H3,(H2,22,23,25);1H. The minimum absolute atomic E-state index is 0. The van der Waals surface area contributed by atoms with Gasteiger partial charge in [-0.3, -0.25) is 9.89 Å². The first-order valence-corrected chi connectivity index (χ1v) is 10.0. The van der Waals surface area contributed by atoms with E-state index in [1.54, 1.807) is 0 Å². The molecule has 1 fully saturated rings. The van der Waals surface area contributed by atoms with Crippen molar-refractivity contribution in [2.75, 3.05) is 53.4 Å². The summed E-state index contributed by atoms with van der Waals surface area (Å²) in [4.78, 5) is 13.0. The van der Waals surface area contributed by atoms with Gasteiger partial charge in [-0.15, -0.1) is 24.0 Å². The molecule has 0 amide bonds. The Kier molecular flexibility index (Phi) is 9.04. The molecule has 6 nitrogen and oxygen atoms in total. The van der Waals surface area contributed by atoms with Gasteiger partial charge in [-0.05, 0) is 51.6 Å². The van der Waals surface area contributed by atoms with Crippen LogP contribution in [0.4, 0.5) is 0 Å². The van der Waals surface area contributed by atoms with Crippen LogP contribution in [0.15, 0.2) is 29.4 Å². The van der Waals surface area contributed by atoms with Crippen molar-refractivity contribution >= 4 is 40.8 Å². The average Bonchev–Trinajstić information content (AvgIpc) is 3.07. The molecule has 0 bridgehead atoms. The van der Waals surface area contributed by atoms with E-state index in [9.17, 15) is 0 Å². The number of benzene rings is 1. The third kappa shape index (κ3) is 5.84. The number of rotatable bonds is 6. The van der Waals surface area contributed by atoms with Gasteiger partial charge in [-0.1, -0.05) is 12.1 Å². The van der Waals surface area contributed by atoms with E-state index in [4.69, 9.17) is 4.99 Å². The number of H-pyrrole nitrogens is 1. The fraction of sp³-hybridized carbons (Fsp3) is 0.571. The minimum Gasteiger partial charge on any atom is -0.361 e. The van der Waals surface area contributed by atoms with Crippen LogP contribution < -0.4 is 10.6 Å². The van der Waals surface area contributed by atoms with Crippen molar-refractivity contribution in [3.63, 3.8) is 0 Å². The van der Waals surface area contributed by atoms with Crippen LogP contribution in [-0.4, -0.2) is 80.1 Å². The highest BCUT2D eigenvalue weighted by molar-refractivity contribution is 14.0. The molecule has 1 aliphatic heterocycles. The van der Waals surface area contributed by atoms with Crippen LogP contribution >= 0.6 is 24.0 Å². The van der Waals surface area contributed by atoms with Gasteiger partial charge in [0.2, 0.25) is 0 Å². The number of hydrogen-bond acceptors (Lipinski definition) is 3. The Labute approximate surface area is 186 Å². The van der Waals surface area contributed by atoms with Crippen LogP contribution in [0.2, 0.25) is 0 Å². The second-order valence-electron chi connectivity index (χ2n) is 7.60. The first-order valence-electron chi connectivity index (χ1n) is 10.0. The number of likely N-dealkylation sites (N-methyl/N-ethyl adjacent to an activating group) is 2. The van der Waals surface area contributed by atoms with Crippen LogP contribution in [0.5, 0.6) is 0 Å². The molecular formula is C21H35IN6. The number of aryl methyl sites for hydroxylation is 1. The minimum atomic E-state index is 0. The Morgan fingerprint density at radius 2 is 2.07 bits per heavy atom. The van der Waals surface area contributed by atoms with Crippen molar-refractivity contribution in [2.45, 2.75) is 26.3 Å². The summed E-state index contributed by atoms with van der Waals surface area (Å²) < 4.78 is 0. The number of fused-ring (bicyclic) bond motifs is 1. The molecule has 1 aliphatic rings. The summed E-state index contributed by atoms with van der Waals surface area (Å²) >= 11 is 0. The monoisotopic (exact) mass is 498 g/mol. The molecule has 2 heterocycles. The molecule has 28 heavy (non-hydrogen) atoms. The van der Waals surface area contributed by atoms with E-state index < -0.39 is 0 Å². The van der Waals surface area contributed by atoms with Gasteiger partial charge in [-0.25, -0.2) is 0 Å². The Morgan fingerprint density at radius 1 is 1.25 bits per heavy atom. The van der Waals surface area contributed by atoms with Gasteiger partial charge in [-0.2, -0.15) is 0 Å². The maximum Gasteiger partial charge on any atom is 0.191 e. The largest absolute Gasteiger partial charge is 0.361 e. The van der Waals surface area contributed by atoms with Crippen molar-refractivity contribution < 1.29 is 0 Å². The molecule has 3 N–H and O–H groups in total. The smallest absolute Gasteiger partial charge is 0.191 e. The van der Waals surface area contributed by atoms with Crippen LogP contribution in [0, 0.1) is 6.92 Å². The molecule has 1 aromatic carbocycles. The SMILES string of the molecule is CCNC(=NCC1CN(C)CCN1C)NCCc1c[nH]c2cccc(C)c12.I. The molecule has 2 aromatic rings. The molecule has 0 saturated carbocycles. The summed E-state index contributed by atoms with van der Waals surface area (Å²) in [5.74, 6) is 0.913. The number of aliphatic imine (C=N–C) groups is 1. The van der Waals surface area contributed by atoms with E-state index in [0.717, 1.165) is 51.6 Å². The van der Waals surface area contributed by atoms with Gasteiger partial charge in [0.25, 0.3) is 0 Å². The van der Waals surface area contributed by atoms with Crippen molar-refractivity contribution in [1.82, 2.24) is 25.4 Å². The van der Waals surface area contributed by atoms with Gasteiger partial charge in [0.1, 0.15) is 0 Å². The summed E-state index contributed by atoms with van der Waals surface area (Å²) in [6.45, 7) is 10.2. The fourth-order valence-corrected chi connectivity index (χ4v) is 3.80. The lowest BCUT2D eigenvalue weighted by Crippen LogP contribution is -2.51. The number of halogens is 1. The maximum atomic E-state index is 4.84. The van der Waals surface area contributed by atoms with Crippen LogP contribution in [-0.2, 0) is 6.42 Å². The van der Waals surface area contributed by atoms with E-state index in [-0.39, 0.29) is 24.0 Å². The van der Waals surface area contributed by atoms with Gasteiger partial charge < -0.3 is 20.5 Å². The number of guanidine groups is 1. The molecule has 0 aliphatic carbocycles. The highest BCUT2D eigenvalue weighted by atomic mass is 127. The Hall–Kier alpha value is -1.32. The maximum absolute atomic E-state index is 4.84. The van der Waals surface area contributed by atoms with Crippen LogP contribution in [0.3, 0.4) is 0 Å². The molecule has 0 radical (unpaired) electrons. The number of nitrogens with one attached hydrogen (secondary N) is 3. The molecule has 1 atom stereocenters. The topological polar surface area (TPSA) is 58.7 Å². The van der Waals surface area contributed by atoms with Gasteiger partial charge in [0.05, 0.1) is 6.54 Å². The van der Waals surface area contributed by atoms with Crippen molar-refractivity contribution in [3.05, 3.63) is 35.5 Å².